The number of esters is 1. The van der Waals surface area contributed by atoms with E-state index in [4.69, 9.17) is 4.74 Å². The van der Waals surface area contributed by atoms with Crippen LogP contribution in [0.2, 0.25) is 0 Å². The van der Waals surface area contributed by atoms with Gasteiger partial charge in [0.25, 0.3) is 5.91 Å². The van der Waals surface area contributed by atoms with Gasteiger partial charge in [-0.15, -0.1) is 0 Å². The largest absolute Gasteiger partial charge is 0.467 e. The van der Waals surface area contributed by atoms with Crippen molar-refractivity contribution in [1.82, 2.24) is 5.32 Å². The zero-order valence-corrected chi connectivity index (χ0v) is 15.2. The second-order valence-electron chi connectivity index (χ2n) is 6.20. The lowest BCUT2D eigenvalue weighted by atomic mass is 9.96. The van der Waals surface area contributed by atoms with E-state index in [9.17, 15) is 22.8 Å². The number of hydrogen-bond donors (Lipinski definition) is 1. The van der Waals surface area contributed by atoms with Crippen LogP contribution >= 0.6 is 0 Å². The molecule has 0 saturated carbocycles. The molecule has 1 amide bonds. The molecule has 4 nitrogen and oxygen atoms in total. The summed E-state index contributed by atoms with van der Waals surface area (Å²) >= 11 is 0. The molecule has 0 unspecified atom stereocenters. The minimum Gasteiger partial charge on any atom is -0.467 e. The van der Waals surface area contributed by atoms with Gasteiger partial charge in [0.2, 0.25) is 0 Å². The second-order valence-corrected chi connectivity index (χ2v) is 6.20. The summed E-state index contributed by atoms with van der Waals surface area (Å²) in [5.74, 6) is -1.27. The van der Waals surface area contributed by atoms with E-state index in [1.54, 1.807) is 0 Å². The van der Waals surface area contributed by atoms with Crippen LogP contribution in [0.3, 0.4) is 0 Å². The molecule has 0 bridgehead atoms. The van der Waals surface area contributed by atoms with Crippen molar-refractivity contribution in [3.05, 3.63) is 70.3 Å². The van der Waals surface area contributed by atoms with Crippen molar-refractivity contribution in [3.8, 4) is 0 Å². The van der Waals surface area contributed by atoms with Crippen LogP contribution in [0.25, 0.3) is 0 Å². The first-order valence-corrected chi connectivity index (χ1v) is 8.24. The molecular weight excluding hydrogens is 359 g/mol. The Labute approximate surface area is 155 Å². The highest BCUT2D eigenvalue weighted by Gasteiger charge is 2.30. The van der Waals surface area contributed by atoms with Gasteiger partial charge in [0, 0.05) is 12.0 Å². The Morgan fingerprint density at radius 3 is 2.07 bits per heavy atom. The number of benzene rings is 2. The molecule has 2 aromatic carbocycles. The van der Waals surface area contributed by atoms with E-state index < -0.39 is 29.7 Å². The normalized spacial score (nSPS) is 12.4. The number of hydrogen-bond acceptors (Lipinski definition) is 3. The highest BCUT2D eigenvalue weighted by atomic mass is 19.4. The summed E-state index contributed by atoms with van der Waals surface area (Å²) in [6.07, 6.45) is -4.26. The third-order valence-corrected chi connectivity index (χ3v) is 4.32. The number of aryl methyl sites for hydroxylation is 2. The van der Waals surface area contributed by atoms with Gasteiger partial charge >= 0.3 is 12.1 Å². The number of rotatable bonds is 5. The number of halogens is 3. The molecule has 144 valence electrons. The number of nitrogens with one attached hydrogen (secondary N) is 1. The van der Waals surface area contributed by atoms with Crippen molar-refractivity contribution >= 4 is 11.9 Å². The van der Waals surface area contributed by atoms with E-state index in [-0.39, 0.29) is 12.0 Å². The van der Waals surface area contributed by atoms with Crippen molar-refractivity contribution in [2.75, 3.05) is 7.11 Å². The first kappa shape index (κ1) is 20.5. The predicted molar refractivity (Wildman–Crippen MR) is 94.3 cm³/mol. The lowest BCUT2D eigenvalue weighted by molar-refractivity contribution is -0.142. The predicted octanol–water partition coefficient (Wildman–Crippen LogP) is 3.84. The van der Waals surface area contributed by atoms with Crippen LogP contribution in [0, 0.1) is 13.8 Å². The van der Waals surface area contributed by atoms with Crippen molar-refractivity contribution < 1.29 is 27.5 Å². The van der Waals surface area contributed by atoms with Crippen molar-refractivity contribution in [2.45, 2.75) is 32.5 Å². The second kappa shape index (κ2) is 8.24. The van der Waals surface area contributed by atoms with Crippen LogP contribution in [-0.4, -0.2) is 25.0 Å². The number of amides is 1. The molecule has 2 rings (SSSR count). The van der Waals surface area contributed by atoms with E-state index in [0.717, 1.165) is 41.0 Å². The van der Waals surface area contributed by atoms with Gasteiger partial charge in [-0.25, -0.2) is 4.79 Å². The number of alkyl halides is 3. The van der Waals surface area contributed by atoms with Crippen molar-refractivity contribution in [3.63, 3.8) is 0 Å². The third-order valence-electron chi connectivity index (χ3n) is 4.32. The summed E-state index contributed by atoms with van der Waals surface area (Å²) in [6, 6.07) is 8.53. The molecule has 0 aromatic heterocycles. The minimum atomic E-state index is -4.48. The van der Waals surface area contributed by atoms with Crippen LogP contribution in [0.15, 0.2) is 42.5 Å². The maximum absolute atomic E-state index is 12.6. The minimum absolute atomic E-state index is 0.0263. The zero-order chi connectivity index (χ0) is 20.2. The Hall–Kier alpha value is -2.83. The maximum atomic E-state index is 12.6. The van der Waals surface area contributed by atoms with Gasteiger partial charge in [-0.2, -0.15) is 13.2 Å². The summed E-state index contributed by atoms with van der Waals surface area (Å²) in [6.45, 7) is 3.79. The average molecular weight is 379 g/mol. The van der Waals surface area contributed by atoms with Gasteiger partial charge in [-0.1, -0.05) is 18.2 Å². The summed E-state index contributed by atoms with van der Waals surface area (Å²) in [7, 11) is 1.21. The number of carbonyl (C=O) groups excluding carboxylic acids is 2. The van der Waals surface area contributed by atoms with Crippen LogP contribution in [0.5, 0.6) is 0 Å². The molecule has 1 N–H and O–H groups in total. The van der Waals surface area contributed by atoms with Crippen LogP contribution in [0.1, 0.15) is 32.6 Å². The van der Waals surface area contributed by atoms with E-state index >= 15 is 0 Å². The van der Waals surface area contributed by atoms with Gasteiger partial charge in [0.05, 0.1) is 12.7 Å². The van der Waals surface area contributed by atoms with E-state index in [2.05, 4.69) is 5.32 Å². The lowest BCUT2D eigenvalue weighted by Crippen LogP contribution is -2.43. The van der Waals surface area contributed by atoms with Gasteiger partial charge < -0.3 is 10.1 Å². The summed E-state index contributed by atoms with van der Waals surface area (Å²) in [5, 5.41) is 2.55. The molecule has 0 aliphatic rings. The fraction of sp³-hybridized carbons (Fsp3) is 0.300. The molecule has 0 fully saturated rings. The fourth-order valence-electron chi connectivity index (χ4n) is 2.76. The molecule has 0 spiro atoms. The molecule has 0 heterocycles. The monoisotopic (exact) mass is 379 g/mol. The lowest BCUT2D eigenvalue weighted by Gasteiger charge is -2.19. The SMILES string of the molecule is COC(=O)[C@H](Cc1c(C)cccc1C)NC(=O)c1ccc(C(F)(F)F)cc1. The van der Waals surface area contributed by atoms with Gasteiger partial charge in [0.15, 0.2) is 0 Å². The highest BCUT2D eigenvalue weighted by Crippen LogP contribution is 2.29. The van der Waals surface area contributed by atoms with E-state index in [1.807, 2.05) is 32.0 Å². The van der Waals surface area contributed by atoms with Gasteiger partial charge in [-0.05, 0) is 54.8 Å². The average Bonchev–Trinajstić information content (AvgIpc) is 2.62. The Bertz CT molecular complexity index is 809. The maximum Gasteiger partial charge on any atom is 0.416 e. The van der Waals surface area contributed by atoms with E-state index in [0.29, 0.717) is 0 Å². The first-order chi connectivity index (χ1) is 12.6. The van der Waals surface area contributed by atoms with E-state index in [1.165, 1.54) is 7.11 Å². The summed E-state index contributed by atoms with van der Waals surface area (Å²) < 4.78 is 42.7. The van der Waals surface area contributed by atoms with Crippen molar-refractivity contribution in [2.24, 2.45) is 0 Å². The molecule has 1 atom stereocenters. The molecular formula is C20H20F3NO3. The number of methoxy groups -OCH3 is 1. The summed E-state index contributed by atoms with van der Waals surface area (Å²) in [5.41, 5.74) is 2.01. The Morgan fingerprint density at radius 1 is 1.04 bits per heavy atom. The molecule has 27 heavy (non-hydrogen) atoms. The fourth-order valence-corrected chi connectivity index (χ4v) is 2.76. The van der Waals surface area contributed by atoms with Gasteiger partial charge in [0.1, 0.15) is 6.04 Å². The molecule has 0 radical (unpaired) electrons. The number of ether oxygens (including phenoxy) is 1. The Kier molecular flexibility index (Phi) is 6.25. The van der Waals surface area contributed by atoms with Crippen LogP contribution in [-0.2, 0) is 22.1 Å². The van der Waals surface area contributed by atoms with Gasteiger partial charge in [-0.3, -0.25) is 4.79 Å². The smallest absolute Gasteiger partial charge is 0.416 e. The Morgan fingerprint density at radius 2 is 1.59 bits per heavy atom. The van der Waals surface area contributed by atoms with Crippen molar-refractivity contribution in [1.29, 1.82) is 0 Å². The Balaban J connectivity index is 2.21. The molecule has 2 aromatic rings. The molecule has 0 aliphatic heterocycles. The molecule has 0 aliphatic carbocycles. The third kappa shape index (κ3) is 5.09. The standard InChI is InChI=1S/C20H20F3NO3/c1-12-5-4-6-13(2)16(12)11-17(19(26)27-3)24-18(25)14-7-9-15(10-8-14)20(21,22)23/h4-10,17H,11H2,1-3H3,(H,24,25)/t17-/m0/s1. The highest BCUT2D eigenvalue weighted by molar-refractivity contribution is 5.96. The van der Waals surface area contributed by atoms with Crippen LogP contribution in [0.4, 0.5) is 13.2 Å². The first-order valence-electron chi connectivity index (χ1n) is 8.24. The van der Waals surface area contributed by atoms with Crippen LogP contribution < -0.4 is 5.32 Å². The topological polar surface area (TPSA) is 55.4 Å². The number of carbonyl (C=O) groups is 2. The molecule has 7 heteroatoms. The molecule has 0 saturated heterocycles. The zero-order valence-electron chi connectivity index (χ0n) is 15.2. The summed E-state index contributed by atoms with van der Waals surface area (Å²) in [4.78, 5) is 24.5. The quantitative estimate of drug-likeness (QED) is 0.804.